The molecule has 1 amide bonds. The van der Waals surface area contributed by atoms with Crippen molar-refractivity contribution in [1.29, 1.82) is 0 Å². The summed E-state index contributed by atoms with van der Waals surface area (Å²) in [5.41, 5.74) is 2.69. The molecule has 0 heterocycles. The van der Waals surface area contributed by atoms with E-state index in [2.05, 4.69) is 10.6 Å². The Hall–Kier alpha value is -2.20. The molecule has 0 aliphatic heterocycles. The van der Waals surface area contributed by atoms with E-state index in [4.69, 9.17) is 16.3 Å². The molecular formula is C17H19ClN2O2. The molecule has 2 N–H and O–H groups in total. The van der Waals surface area contributed by atoms with Crippen LogP contribution in [0, 0.1) is 6.92 Å². The summed E-state index contributed by atoms with van der Waals surface area (Å²) in [7, 11) is 1.63. The highest BCUT2D eigenvalue weighted by atomic mass is 35.5. The number of hydrogen-bond acceptors (Lipinski definition) is 3. The number of ether oxygens (including phenoxy) is 1. The number of methoxy groups -OCH3 is 1. The summed E-state index contributed by atoms with van der Waals surface area (Å²) in [6, 6.07) is 13.0. The van der Waals surface area contributed by atoms with Gasteiger partial charge < -0.3 is 15.4 Å². The van der Waals surface area contributed by atoms with Crippen LogP contribution in [0.3, 0.4) is 0 Å². The first kappa shape index (κ1) is 16.2. The lowest BCUT2D eigenvalue weighted by Crippen LogP contribution is -2.16. The lowest BCUT2D eigenvalue weighted by molar-refractivity contribution is -0.115. The maximum atomic E-state index is 12.0. The van der Waals surface area contributed by atoms with Gasteiger partial charge >= 0.3 is 0 Å². The zero-order valence-corrected chi connectivity index (χ0v) is 13.4. The molecule has 0 saturated carbocycles. The third kappa shape index (κ3) is 4.67. The van der Waals surface area contributed by atoms with Crippen molar-refractivity contribution in [3.05, 3.63) is 53.1 Å². The average Bonchev–Trinajstić information content (AvgIpc) is 2.51. The number of hydrogen-bond donors (Lipinski definition) is 2. The first-order valence-corrected chi connectivity index (χ1v) is 7.40. The van der Waals surface area contributed by atoms with Gasteiger partial charge in [0, 0.05) is 29.4 Å². The molecular weight excluding hydrogens is 300 g/mol. The Morgan fingerprint density at radius 2 is 1.91 bits per heavy atom. The zero-order chi connectivity index (χ0) is 15.9. The molecule has 22 heavy (non-hydrogen) atoms. The first-order valence-electron chi connectivity index (χ1n) is 7.02. The van der Waals surface area contributed by atoms with Crippen LogP contribution in [0.5, 0.6) is 5.75 Å². The lowest BCUT2D eigenvalue weighted by atomic mass is 10.2. The number of benzene rings is 2. The minimum atomic E-state index is -0.0496. The smallest absolute Gasteiger partial charge is 0.226 e. The largest absolute Gasteiger partial charge is 0.497 e. The Morgan fingerprint density at radius 1 is 1.18 bits per heavy atom. The van der Waals surface area contributed by atoms with Crippen molar-refractivity contribution in [2.75, 3.05) is 24.3 Å². The van der Waals surface area contributed by atoms with Gasteiger partial charge in [-0.1, -0.05) is 17.7 Å². The number of rotatable bonds is 6. The van der Waals surface area contributed by atoms with E-state index in [1.54, 1.807) is 19.2 Å². The molecule has 4 nitrogen and oxygen atoms in total. The van der Waals surface area contributed by atoms with Crippen molar-refractivity contribution in [2.45, 2.75) is 13.3 Å². The van der Waals surface area contributed by atoms with Gasteiger partial charge in [0.25, 0.3) is 0 Å². The quantitative estimate of drug-likeness (QED) is 0.843. The number of carbonyl (C=O) groups excluding carboxylic acids is 1. The van der Waals surface area contributed by atoms with E-state index in [0.717, 1.165) is 22.7 Å². The summed E-state index contributed by atoms with van der Waals surface area (Å²) >= 11 is 5.94. The third-order valence-corrected chi connectivity index (χ3v) is 3.48. The molecule has 2 aromatic rings. The van der Waals surface area contributed by atoms with E-state index < -0.39 is 0 Å². The van der Waals surface area contributed by atoms with Crippen LogP contribution in [0.1, 0.15) is 12.0 Å². The van der Waals surface area contributed by atoms with Crippen molar-refractivity contribution >= 4 is 28.9 Å². The summed E-state index contributed by atoms with van der Waals surface area (Å²) in [5, 5.41) is 6.68. The van der Waals surface area contributed by atoms with E-state index >= 15 is 0 Å². The maximum absolute atomic E-state index is 12.0. The molecule has 0 aliphatic rings. The highest BCUT2D eigenvalue weighted by Gasteiger charge is 2.05. The number of nitrogens with one attached hydrogen (secondary N) is 2. The van der Waals surface area contributed by atoms with E-state index in [9.17, 15) is 4.79 Å². The highest BCUT2D eigenvalue weighted by Crippen LogP contribution is 2.20. The molecule has 0 bridgehead atoms. The second kappa shape index (κ2) is 7.71. The monoisotopic (exact) mass is 318 g/mol. The summed E-state index contributed by atoms with van der Waals surface area (Å²) in [4.78, 5) is 12.0. The number of halogens is 1. The molecule has 0 fully saturated rings. The summed E-state index contributed by atoms with van der Waals surface area (Å²) in [6.45, 7) is 2.49. The van der Waals surface area contributed by atoms with Gasteiger partial charge in [-0.25, -0.2) is 0 Å². The van der Waals surface area contributed by atoms with Crippen LogP contribution in [-0.2, 0) is 4.79 Å². The SMILES string of the molecule is COc1ccc(NCCC(=O)Nc2cc(Cl)ccc2C)cc1. The Labute approximate surface area is 135 Å². The van der Waals surface area contributed by atoms with E-state index in [0.29, 0.717) is 18.0 Å². The van der Waals surface area contributed by atoms with Crippen molar-refractivity contribution < 1.29 is 9.53 Å². The minimum Gasteiger partial charge on any atom is -0.497 e. The number of anilines is 2. The predicted molar refractivity (Wildman–Crippen MR) is 90.9 cm³/mol. The van der Waals surface area contributed by atoms with Crippen molar-refractivity contribution in [3.63, 3.8) is 0 Å². The molecule has 0 aromatic heterocycles. The number of carbonyl (C=O) groups is 1. The van der Waals surface area contributed by atoms with Gasteiger partial charge in [0.1, 0.15) is 5.75 Å². The third-order valence-electron chi connectivity index (χ3n) is 3.24. The molecule has 2 aromatic carbocycles. The molecule has 0 atom stereocenters. The van der Waals surface area contributed by atoms with Gasteiger partial charge in [-0.05, 0) is 48.9 Å². The Kier molecular flexibility index (Phi) is 5.67. The van der Waals surface area contributed by atoms with Gasteiger partial charge in [-0.2, -0.15) is 0 Å². The van der Waals surface area contributed by atoms with Crippen LogP contribution in [0.2, 0.25) is 5.02 Å². The van der Waals surface area contributed by atoms with Crippen LogP contribution in [0.4, 0.5) is 11.4 Å². The summed E-state index contributed by atoms with van der Waals surface area (Å²) < 4.78 is 5.10. The molecule has 5 heteroatoms. The second-order valence-corrected chi connectivity index (χ2v) is 5.35. The average molecular weight is 319 g/mol. The Morgan fingerprint density at radius 3 is 2.59 bits per heavy atom. The first-order chi connectivity index (χ1) is 10.6. The van der Waals surface area contributed by atoms with Crippen LogP contribution in [0.25, 0.3) is 0 Å². The molecule has 0 radical (unpaired) electrons. The second-order valence-electron chi connectivity index (χ2n) is 4.91. The van der Waals surface area contributed by atoms with Crippen molar-refractivity contribution in [1.82, 2.24) is 0 Å². The molecule has 0 unspecified atom stereocenters. The van der Waals surface area contributed by atoms with Gasteiger partial charge in [0.05, 0.1) is 7.11 Å². The molecule has 0 aliphatic carbocycles. The lowest BCUT2D eigenvalue weighted by Gasteiger charge is -2.10. The van der Waals surface area contributed by atoms with Gasteiger partial charge in [0.15, 0.2) is 0 Å². The molecule has 0 saturated heterocycles. The van der Waals surface area contributed by atoms with Crippen LogP contribution in [-0.4, -0.2) is 19.6 Å². The topological polar surface area (TPSA) is 50.4 Å². The standard InChI is InChI=1S/C17H19ClN2O2/c1-12-3-4-13(18)11-16(12)20-17(21)9-10-19-14-5-7-15(22-2)8-6-14/h3-8,11,19H,9-10H2,1-2H3,(H,20,21). The fourth-order valence-corrected chi connectivity index (χ4v) is 2.14. The van der Waals surface area contributed by atoms with Crippen LogP contribution >= 0.6 is 11.6 Å². The van der Waals surface area contributed by atoms with Gasteiger partial charge in [0.2, 0.25) is 5.91 Å². The Bertz CT molecular complexity index is 642. The highest BCUT2D eigenvalue weighted by molar-refractivity contribution is 6.31. The van der Waals surface area contributed by atoms with Crippen molar-refractivity contribution in [3.8, 4) is 5.75 Å². The maximum Gasteiger partial charge on any atom is 0.226 e. The molecule has 116 valence electrons. The fraction of sp³-hybridized carbons (Fsp3) is 0.235. The number of amides is 1. The van der Waals surface area contributed by atoms with Crippen LogP contribution in [0.15, 0.2) is 42.5 Å². The summed E-state index contributed by atoms with van der Waals surface area (Å²) in [6.07, 6.45) is 0.373. The van der Waals surface area contributed by atoms with Crippen molar-refractivity contribution in [2.24, 2.45) is 0 Å². The fourth-order valence-electron chi connectivity index (χ4n) is 1.97. The van der Waals surface area contributed by atoms with Gasteiger partial charge in [-0.3, -0.25) is 4.79 Å². The summed E-state index contributed by atoms with van der Waals surface area (Å²) in [5.74, 6) is 0.756. The van der Waals surface area contributed by atoms with Gasteiger partial charge in [-0.15, -0.1) is 0 Å². The van der Waals surface area contributed by atoms with Crippen LogP contribution < -0.4 is 15.4 Å². The predicted octanol–water partition coefficient (Wildman–Crippen LogP) is 4.10. The van der Waals surface area contributed by atoms with E-state index in [1.165, 1.54) is 0 Å². The van der Waals surface area contributed by atoms with E-state index in [1.807, 2.05) is 37.3 Å². The molecule has 0 spiro atoms. The number of aryl methyl sites for hydroxylation is 1. The van der Waals surface area contributed by atoms with E-state index in [-0.39, 0.29) is 5.91 Å². The zero-order valence-electron chi connectivity index (χ0n) is 12.7. The Balaban J connectivity index is 1.81. The normalized spacial score (nSPS) is 10.1. The minimum absolute atomic E-state index is 0.0496. The molecule has 2 rings (SSSR count).